The lowest BCUT2D eigenvalue weighted by Gasteiger charge is -2.10. The van der Waals surface area contributed by atoms with E-state index < -0.39 is 5.82 Å². The molecule has 0 saturated carbocycles. The summed E-state index contributed by atoms with van der Waals surface area (Å²) < 4.78 is 18.8. The molecular weight excluding hydrogens is 435 g/mol. The number of amides is 2. The molecule has 5 nitrogen and oxygen atoms in total. The number of hydrogen-bond acceptors (Lipinski definition) is 4. The molecule has 0 spiro atoms. The predicted octanol–water partition coefficient (Wildman–Crippen LogP) is 4.92. The number of benzene rings is 2. The van der Waals surface area contributed by atoms with E-state index in [0.717, 1.165) is 0 Å². The Morgan fingerprint density at radius 3 is 2.37 bits per heavy atom. The molecule has 0 bridgehead atoms. The number of carbonyl (C=O) groups is 2. The van der Waals surface area contributed by atoms with Crippen molar-refractivity contribution in [2.75, 3.05) is 17.2 Å². The van der Waals surface area contributed by atoms with Gasteiger partial charge in [0.2, 0.25) is 0 Å². The second-order valence-electron chi connectivity index (χ2n) is 5.42. The molecule has 0 radical (unpaired) electrons. The number of anilines is 2. The number of ether oxygens (including phenoxy) is 1. The van der Waals surface area contributed by atoms with Crippen LogP contribution in [0.15, 0.2) is 64.5 Å². The van der Waals surface area contributed by atoms with Gasteiger partial charge in [-0.15, -0.1) is 11.3 Å². The highest BCUT2D eigenvalue weighted by molar-refractivity contribution is 9.10. The summed E-state index contributed by atoms with van der Waals surface area (Å²) in [6.45, 7) is -0.221. The van der Waals surface area contributed by atoms with E-state index in [2.05, 4.69) is 26.6 Å². The molecule has 2 amide bonds. The highest BCUT2D eigenvalue weighted by Crippen LogP contribution is 2.25. The molecule has 0 aliphatic carbocycles. The third kappa shape index (κ3) is 5.38. The molecule has 138 valence electrons. The maximum absolute atomic E-state index is 13.0. The van der Waals surface area contributed by atoms with E-state index in [1.165, 1.54) is 29.5 Å². The average molecular weight is 449 g/mol. The van der Waals surface area contributed by atoms with Crippen molar-refractivity contribution in [2.45, 2.75) is 0 Å². The molecule has 1 aromatic heterocycles. The first-order chi connectivity index (χ1) is 13.0. The fourth-order valence-electron chi connectivity index (χ4n) is 2.17. The maximum atomic E-state index is 13.0. The van der Waals surface area contributed by atoms with Gasteiger partial charge in [0.1, 0.15) is 11.6 Å². The maximum Gasteiger partial charge on any atom is 0.265 e. The number of hydrogen-bond donors (Lipinski definition) is 2. The highest BCUT2D eigenvalue weighted by atomic mass is 79.9. The van der Waals surface area contributed by atoms with Gasteiger partial charge in [-0.05, 0) is 69.8 Å². The van der Waals surface area contributed by atoms with E-state index >= 15 is 0 Å². The molecule has 3 rings (SSSR count). The Morgan fingerprint density at radius 2 is 1.74 bits per heavy atom. The molecule has 2 N–H and O–H groups in total. The van der Waals surface area contributed by atoms with Crippen LogP contribution in [0.1, 0.15) is 9.67 Å². The summed E-state index contributed by atoms with van der Waals surface area (Å²) in [7, 11) is 0. The lowest BCUT2D eigenvalue weighted by Crippen LogP contribution is -2.20. The van der Waals surface area contributed by atoms with E-state index in [4.69, 9.17) is 4.74 Å². The van der Waals surface area contributed by atoms with Crippen LogP contribution in [-0.4, -0.2) is 18.4 Å². The van der Waals surface area contributed by atoms with E-state index in [1.807, 2.05) is 11.4 Å². The molecule has 8 heteroatoms. The van der Waals surface area contributed by atoms with Gasteiger partial charge in [-0.25, -0.2) is 4.39 Å². The van der Waals surface area contributed by atoms with E-state index in [9.17, 15) is 14.0 Å². The third-order valence-electron chi connectivity index (χ3n) is 3.42. The molecule has 0 aliphatic rings. The minimum absolute atomic E-state index is 0.180. The van der Waals surface area contributed by atoms with Crippen molar-refractivity contribution >= 4 is 50.5 Å². The minimum Gasteiger partial charge on any atom is -0.483 e. The van der Waals surface area contributed by atoms with Crippen molar-refractivity contribution in [1.82, 2.24) is 0 Å². The van der Waals surface area contributed by atoms with Crippen LogP contribution in [0.3, 0.4) is 0 Å². The first kappa shape index (κ1) is 19.1. The summed E-state index contributed by atoms with van der Waals surface area (Å²) in [4.78, 5) is 24.6. The zero-order chi connectivity index (χ0) is 19.2. The second kappa shape index (κ2) is 8.79. The standard InChI is InChI=1S/C19H14BrFN2O3S/c20-15-10-12(21)3-8-16(15)26-11-18(24)22-13-4-6-14(7-5-13)23-19(25)17-2-1-9-27-17/h1-10H,11H2,(H,22,24)(H,23,25). The van der Waals surface area contributed by atoms with Gasteiger partial charge >= 0.3 is 0 Å². The lowest BCUT2D eigenvalue weighted by atomic mass is 10.2. The number of thiophene rings is 1. The van der Waals surface area contributed by atoms with Gasteiger partial charge in [0.05, 0.1) is 9.35 Å². The van der Waals surface area contributed by atoms with Gasteiger partial charge in [0, 0.05) is 11.4 Å². The minimum atomic E-state index is -0.398. The normalized spacial score (nSPS) is 10.3. The van der Waals surface area contributed by atoms with E-state index in [1.54, 1.807) is 30.3 Å². The number of rotatable bonds is 6. The zero-order valence-corrected chi connectivity index (χ0v) is 16.3. The molecule has 0 aliphatic heterocycles. The molecule has 0 atom stereocenters. The second-order valence-corrected chi connectivity index (χ2v) is 7.22. The monoisotopic (exact) mass is 448 g/mol. The Morgan fingerprint density at radius 1 is 1.04 bits per heavy atom. The van der Waals surface area contributed by atoms with Crippen molar-refractivity contribution < 1.29 is 18.7 Å². The lowest BCUT2D eigenvalue weighted by molar-refractivity contribution is -0.118. The van der Waals surface area contributed by atoms with Crippen LogP contribution in [0.4, 0.5) is 15.8 Å². The van der Waals surface area contributed by atoms with Crippen LogP contribution >= 0.6 is 27.3 Å². The third-order valence-corrected chi connectivity index (χ3v) is 4.91. The van der Waals surface area contributed by atoms with Crippen molar-refractivity contribution in [2.24, 2.45) is 0 Å². The SMILES string of the molecule is O=C(COc1ccc(F)cc1Br)Nc1ccc(NC(=O)c2cccs2)cc1. The average Bonchev–Trinajstić information content (AvgIpc) is 3.17. The number of halogens is 2. The smallest absolute Gasteiger partial charge is 0.265 e. The molecule has 0 saturated heterocycles. The fourth-order valence-corrected chi connectivity index (χ4v) is 3.25. The Labute approximate surface area is 167 Å². The van der Waals surface area contributed by atoms with E-state index in [-0.39, 0.29) is 18.4 Å². The predicted molar refractivity (Wildman–Crippen MR) is 107 cm³/mol. The van der Waals surface area contributed by atoms with Crippen LogP contribution in [0.25, 0.3) is 0 Å². The van der Waals surface area contributed by atoms with Crippen LogP contribution < -0.4 is 15.4 Å². The molecule has 1 heterocycles. The highest BCUT2D eigenvalue weighted by Gasteiger charge is 2.09. The molecular formula is C19H14BrFN2O3S. The first-order valence-corrected chi connectivity index (χ1v) is 9.51. The largest absolute Gasteiger partial charge is 0.483 e. The number of nitrogens with one attached hydrogen (secondary N) is 2. The fraction of sp³-hybridized carbons (Fsp3) is 0.0526. The molecule has 3 aromatic rings. The first-order valence-electron chi connectivity index (χ1n) is 7.84. The summed E-state index contributed by atoms with van der Waals surface area (Å²) in [6.07, 6.45) is 0. The molecule has 2 aromatic carbocycles. The van der Waals surface area contributed by atoms with Gasteiger partial charge < -0.3 is 15.4 Å². The van der Waals surface area contributed by atoms with Gasteiger partial charge in [0.25, 0.3) is 11.8 Å². The van der Waals surface area contributed by atoms with Gasteiger partial charge in [-0.2, -0.15) is 0 Å². The summed E-state index contributed by atoms with van der Waals surface area (Å²) in [6, 6.07) is 14.2. The molecule has 0 unspecified atom stereocenters. The Kier molecular flexibility index (Phi) is 6.20. The van der Waals surface area contributed by atoms with Crippen molar-refractivity contribution in [3.63, 3.8) is 0 Å². The Hall–Kier alpha value is -2.71. The summed E-state index contributed by atoms with van der Waals surface area (Å²) in [5.41, 5.74) is 1.19. The molecule has 0 fully saturated rings. The van der Waals surface area contributed by atoms with Crippen LogP contribution in [0, 0.1) is 5.82 Å². The van der Waals surface area contributed by atoms with Gasteiger partial charge in [0.15, 0.2) is 6.61 Å². The van der Waals surface area contributed by atoms with Crippen LogP contribution in [-0.2, 0) is 4.79 Å². The molecule has 27 heavy (non-hydrogen) atoms. The van der Waals surface area contributed by atoms with Crippen molar-refractivity contribution in [3.8, 4) is 5.75 Å². The summed E-state index contributed by atoms with van der Waals surface area (Å²) >= 11 is 4.54. The van der Waals surface area contributed by atoms with Crippen LogP contribution in [0.2, 0.25) is 0 Å². The quantitative estimate of drug-likeness (QED) is 0.562. The Balaban J connectivity index is 1.51. The number of carbonyl (C=O) groups excluding carboxylic acids is 2. The summed E-state index contributed by atoms with van der Waals surface area (Å²) in [5, 5.41) is 7.30. The van der Waals surface area contributed by atoms with Crippen molar-refractivity contribution in [1.29, 1.82) is 0 Å². The zero-order valence-electron chi connectivity index (χ0n) is 13.9. The van der Waals surface area contributed by atoms with Crippen LogP contribution in [0.5, 0.6) is 5.75 Å². The van der Waals surface area contributed by atoms with Gasteiger partial charge in [-0.1, -0.05) is 6.07 Å². The van der Waals surface area contributed by atoms with E-state index in [0.29, 0.717) is 26.5 Å². The van der Waals surface area contributed by atoms with Gasteiger partial charge in [-0.3, -0.25) is 9.59 Å². The topological polar surface area (TPSA) is 67.4 Å². The Bertz CT molecular complexity index is 946. The van der Waals surface area contributed by atoms with Crippen molar-refractivity contribution in [3.05, 3.63) is 75.1 Å². The summed E-state index contributed by atoms with van der Waals surface area (Å²) in [5.74, 6) is -0.565.